The molecule has 1 saturated carbocycles. The molecule has 0 radical (unpaired) electrons. The molecule has 0 atom stereocenters. The first kappa shape index (κ1) is 30.3. The van der Waals surface area contributed by atoms with Gasteiger partial charge in [0.05, 0.1) is 4.90 Å². The van der Waals surface area contributed by atoms with Gasteiger partial charge in [0.1, 0.15) is 0 Å². The SMILES string of the molecule is CCC1CCC(C(=O)NC)CC1.CNC(=O)c1cccc(C)c1.CNS(=O)(=O)c1ccc(C)cc1. The molecule has 8 heteroatoms. The average molecular weight is 504 g/mol. The molecule has 0 aromatic heterocycles. The molecule has 194 valence electrons. The summed E-state index contributed by atoms with van der Waals surface area (Å²) in [6.45, 7) is 6.12. The summed E-state index contributed by atoms with van der Waals surface area (Å²) in [4.78, 5) is 22.6. The first-order chi connectivity index (χ1) is 16.6. The Balaban J connectivity index is 0.000000263. The second-order valence-corrected chi connectivity index (χ2v) is 10.6. The average Bonchev–Trinajstić information content (AvgIpc) is 2.88. The van der Waals surface area contributed by atoms with Crippen LogP contribution in [0.1, 0.15) is 60.5 Å². The molecule has 0 bridgehead atoms. The lowest BCUT2D eigenvalue weighted by molar-refractivity contribution is -0.125. The Morgan fingerprint density at radius 1 is 0.857 bits per heavy atom. The van der Waals surface area contributed by atoms with Crippen molar-refractivity contribution in [1.82, 2.24) is 15.4 Å². The molecule has 3 rings (SSSR count). The predicted octanol–water partition coefficient (Wildman–Crippen LogP) is 4.21. The van der Waals surface area contributed by atoms with Crippen LogP contribution in [-0.4, -0.2) is 41.4 Å². The molecule has 2 aromatic carbocycles. The van der Waals surface area contributed by atoms with Gasteiger partial charge >= 0.3 is 0 Å². The van der Waals surface area contributed by atoms with Gasteiger partial charge in [-0.25, -0.2) is 13.1 Å². The summed E-state index contributed by atoms with van der Waals surface area (Å²) < 4.78 is 24.7. The lowest BCUT2D eigenvalue weighted by Crippen LogP contribution is -2.30. The number of rotatable bonds is 5. The third kappa shape index (κ3) is 10.6. The Kier molecular flexibility index (Phi) is 13.3. The minimum Gasteiger partial charge on any atom is -0.359 e. The number of aryl methyl sites for hydroxylation is 2. The number of carbonyl (C=O) groups excluding carboxylic acids is 2. The van der Waals surface area contributed by atoms with Crippen LogP contribution in [0.3, 0.4) is 0 Å². The quantitative estimate of drug-likeness (QED) is 0.569. The molecule has 7 nitrogen and oxygen atoms in total. The van der Waals surface area contributed by atoms with E-state index in [-0.39, 0.29) is 11.8 Å². The highest BCUT2D eigenvalue weighted by atomic mass is 32.2. The van der Waals surface area contributed by atoms with Crippen LogP contribution in [0.25, 0.3) is 0 Å². The van der Waals surface area contributed by atoms with Gasteiger partial charge in [0, 0.05) is 25.6 Å². The van der Waals surface area contributed by atoms with Gasteiger partial charge in [0.2, 0.25) is 15.9 Å². The van der Waals surface area contributed by atoms with E-state index < -0.39 is 10.0 Å². The van der Waals surface area contributed by atoms with Crippen LogP contribution < -0.4 is 15.4 Å². The Bertz CT molecular complexity index is 1030. The number of benzene rings is 2. The van der Waals surface area contributed by atoms with E-state index in [0.29, 0.717) is 16.4 Å². The monoisotopic (exact) mass is 503 g/mol. The summed E-state index contributed by atoms with van der Waals surface area (Å²) in [5, 5.41) is 5.30. The van der Waals surface area contributed by atoms with Crippen LogP contribution >= 0.6 is 0 Å². The van der Waals surface area contributed by atoms with E-state index in [0.717, 1.165) is 29.9 Å². The molecule has 1 aliphatic rings. The molecule has 0 heterocycles. The van der Waals surface area contributed by atoms with Crippen molar-refractivity contribution < 1.29 is 18.0 Å². The number of sulfonamides is 1. The fraction of sp³-hybridized carbons (Fsp3) is 0.481. The van der Waals surface area contributed by atoms with Crippen molar-refractivity contribution in [2.45, 2.75) is 57.8 Å². The standard InChI is InChI=1S/C10H19NO.C9H11NO.C8H11NO2S/c1-3-8-4-6-9(7-5-8)10(12)11-2;1-7-4-3-5-8(6-7)9(11)10-2;1-7-3-5-8(6-4-7)12(10,11)9-2/h8-9H,3-7H2,1-2H3,(H,11,12);3-6H,1-2H3,(H,10,11);3-6,9H,1-2H3. The van der Waals surface area contributed by atoms with Crippen molar-refractivity contribution in [3.8, 4) is 0 Å². The van der Waals surface area contributed by atoms with Crippen molar-refractivity contribution in [1.29, 1.82) is 0 Å². The number of hydrogen-bond acceptors (Lipinski definition) is 4. The largest absolute Gasteiger partial charge is 0.359 e. The molecular weight excluding hydrogens is 462 g/mol. The first-order valence-corrected chi connectivity index (χ1v) is 13.6. The topological polar surface area (TPSA) is 104 Å². The number of carbonyl (C=O) groups is 2. The van der Waals surface area contributed by atoms with Gasteiger partial charge in [-0.05, 0) is 76.8 Å². The fourth-order valence-corrected chi connectivity index (χ4v) is 4.53. The van der Waals surface area contributed by atoms with Crippen molar-refractivity contribution in [2.75, 3.05) is 21.1 Å². The molecule has 0 aliphatic heterocycles. The first-order valence-electron chi connectivity index (χ1n) is 12.1. The highest BCUT2D eigenvalue weighted by Crippen LogP contribution is 2.30. The van der Waals surface area contributed by atoms with Gasteiger partial charge in [0.25, 0.3) is 5.91 Å². The molecule has 35 heavy (non-hydrogen) atoms. The molecule has 0 saturated heterocycles. The fourth-order valence-electron chi connectivity index (χ4n) is 3.80. The van der Waals surface area contributed by atoms with E-state index in [1.54, 1.807) is 44.4 Å². The summed E-state index contributed by atoms with van der Waals surface area (Å²) in [6.07, 6.45) is 5.96. The summed E-state index contributed by atoms with van der Waals surface area (Å²) in [7, 11) is 1.49. The van der Waals surface area contributed by atoms with Crippen LogP contribution in [-0.2, 0) is 14.8 Å². The number of amides is 2. The zero-order valence-corrected chi connectivity index (χ0v) is 22.7. The molecule has 3 N–H and O–H groups in total. The Morgan fingerprint density at radius 3 is 1.91 bits per heavy atom. The van der Waals surface area contributed by atoms with E-state index in [9.17, 15) is 18.0 Å². The highest BCUT2D eigenvalue weighted by molar-refractivity contribution is 7.89. The van der Waals surface area contributed by atoms with E-state index in [4.69, 9.17) is 0 Å². The Morgan fingerprint density at radius 2 is 1.46 bits per heavy atom. The zero-order chi connectivity index (χ0) is 26.4. The Labute approximate surface area is 211 Å². The van der Waals surface area contributed by atoms with Crippen molar-refractivity contribution in [3.05, 3.63) is 65.2 Å². The van der Waals surface area contributed by atoms with Gasteiger partial charge in [0.15, 0.2) is 0 Å². The maximum Gasteiger partial charge on any atom is 0.251 e. The van der Waals surface area contributed by atoms with Crippen LogP contribution in [0, 0.1) is 25.7 Å². The number of nitrogens with one attached hydrogen (secondary N) is 3. The lowest BCUT2D eigenvalue weighted by Gasteiger charge is -2.26. The lowest BCUT2D eigenvalue weighted by atomic mass is 9.80. The van der Waals surface area contributed by atoms with Crippen LogP contribution in [0.2, 0.25) is 0 Å². The predicted molar refractivity (Wildman–Crippen MR) is 142 cm³/mol. The summed E-state index contributed by atoms with van der Waals surface area (Å²) in [5.74, 6) is 1.39. The molecule has 2 aromatic rings. The van der Waals surface area contributed by atoms with Gasteiger partial charge < -0.3 is 10.6 Å². The molecular formula is C27H41N3O4S. The second-order valence-electron chi connectivity index (χ2n) is 8.71. The zero-order valence-electron chi connectivity index (χ0n) is 21.9. The second kappa shape index (κ2) is 15.3. The smallest absolute Gasteiger partial charge is 0.251 e. The molecule has 1 aliphatic carbocycles. The van der Waals surface area contributed by atoms with Gasteiger partial charge in [-0.1, -0.05) is 48.7 Å². The third-order valence-corrected chi connectivity index (χ3v) is 7.58. The van der Waals surface area contributed by atoms with E-state index >= 15 is 0 Å². The molecule has 0 spiro atoms. The molecule has 2 amide bonds. The van der Waals surface area contributed by atoms with E-state index in [1.165, 1.54) is 26.3 Å². The molecule has 0 unspecified atom stereocenters. The van der Waals surface area contributed by atoms with Crippen LogP contribution in [0.4, 0.5) is 0 Å². The highest BCUT2D eigenvalue weighted by Gasteiger charge is 2.24. The van der Waals surface area contributed by atoms with Crippen molar-refractivity contribution in [3.63, 3.8) is 0 Å². The third-order valence-electron chi connectivity index (χ3n) is 6.15. The van der Waals surface area contributed by atoms with Crippen molar-refractivity contribution >= 4 is 21.8 Å². The van der Waals surface area contributed by atoms with Gasteiger partial charge in [-0.15, -0.1) is 0 Å². The maximum atomic E-state index is 11.3. The van der Waals surface area contributed by atoms with Gasteiger partial charge in [-0.3, -0.25) is 9.59 Å². The van der Waals surface area contributed by atoms with Crippen molar-refractivity contribution in [2.24, 2.45) is 11.8 Å². The summed E-state index contributed by atoms with van der Waals surface area (Å²) in [6, 6.07) is 14.2. The van der Waals surface area contributed by atoms with Crippen LogP contribution in [0.15, 0.2) is 53.4 Å². The van der Waals surface area contributed by atoms with E-state index in [2.05, 4.69) is 22.3 Å². The molecule has 1 fully saturated rings. The van der Waals surface area contributed by atoms with Crippen LogP contribution in [0.5, 0.6) is 0 Å². The van der Waals surface area contributed by atoms with E-state index in [1.807, 2.05) is 32.0 Å². The minimum atomic E-state index is -3.26. The Hall–Kier alpha value is -2.71. The number of hydrogen-bond donors (Lipinski definition) is 3. The maximum absolute atomic E-state index is 11.3. The summed E-state index contributed by atoms with van der Waals surface area (Å²) >= 11 is 0. The summed E-state index contributed by atoms with van der Waals surface area (Å²) in [5.41, 5.74) is 2.86. The minimum absolute atomic E-state index is 0.0336. The normalized spacial score (nSPS) is 17.1. The van der Waals surface area contributed by atoms with Gasteiger partial charge in [-0.2, -0.15) is 0 Å².